The summed E-state index contributed by atoms with van der Waals surface area (Å²) in [5, 5.41) is 3.38. The Morgan fingerprint density at radius 2 is 2.22 bits per heavy atom. The molecular weight excluding hydrogens is 228 g/mol. The van der Waals surface area contributed by atoms with Gasteiger partial charge in [0.1, 0.15) is 0 Å². The lowest BCUT2D eigenvalue weighted by Crippen LogP contribution is -2.51. The van der Waals surface area contributed by atoms with Crippen LogP contribution in [0.5, 0.6) is 0 Å². The minimum atomic E-state index is -0.173. The van der Waals surface area contributed by atoms with Crippen LogP contribution >= 0.6 is 0 Å². The van der Waals surface area contributed by atoms with Gasteiger partial charge in [0.2, 0.25) is 5.91 Å². The number of nitrogens with zero attached hydrogens (tertiary/aromatic N) is 1. The average Bonchev–Trinajstić information content (AvgIpc) is 2.39. The summed E-state index contributed by atoms with van der Waals surface area (Å²) in [5.41, 5.74) is -0.173. The zero-order valence-corrected chi connectivity index (χ0v) is 12.1. The normalized spacial score (nSPS) is 23.9. The van der Waals surface area contributed by atoms with E-state index in [4.69, 9.17) is 4.74 Å². The van der Waals surface area contributed by atoms with Crippen LogP contribution in [0, 0.1) is 5.41 Å². The number of amides is 1. The number of carbonyl (C=O) groups excluding carboxylic acids is 1. The summed E-state index contributed by atoms with van der Waals surface area (Å²) in [6.07, 6.45) is 4.17. The van der Waals surface area contributed by atoms with Crippen LogP contribution in [-0.2, 0) is 9.53 Å². The van der Waals surface area contributed by atoms with Gasteiger partial charge in [0.05, 0.1) is 12.0 Å². The van der Waals surface area contributed by atoms with E-state index in [1.54, 1.807) is 0 Å². The van der Waals surface area contributed by atoms with E-state index in [0.717, 1.165) is 38.8 Å². The largest absolute Gasteiger partial charge is 0.380 e. The van der Waals surface area contributed by atoms with Gasteiger partial charge in [-0.15, -0.1) is 0 Å². The van der Waals surface area contributed by atoms with Crippen LogP contribution in [0.25, 0.3) is 0 Å². The maximum absolute atomic E-state index is 12.6. The van der Waals surface area contributed by atoms with Crippen molar-refractivity contribution in [1.82, 2.24) is 10.2 Å². The third kappa shape index (κ3) is 3.95. The molecule has 0 aromatic rings. The Morgan fingerprint density at radius 1 is 1.44 bits per heavy atom. The molecule has 1 aliphatic heterocycles. The van der Waals surface area contributed by atoms with Crippen molar-refractivity contribution in [1.29, 1.82) is 0 Å². The Labute approximate surface area is 111 Å². The van der Waals surface area contributed by atoms with E-state index in [-0.39, 0.29) is 11.3 Å². The van der Waals surface area contributed by atoms with Crippen molar-refractivity contribution < 1.29 is 9.53 Å². The number of nitrogens with one attached hydrogen (secondary N) is 1. The van der Waals surface area contributed by atoms with Crippen LogP contribution in [-0.4, -0.2) is 50.7 Å². The monoisotopic (exact) mass is 256 g/mol. The van der Waals surface area contributed by atoms with Gasteiger partial charge >= 0.3 is 0 Å². The fourth-order valence-electron chi connectivity index (χ4n) is 2.80. The van der Waals surface area contributed by atoms with Crippen molar-refractivity contribution in [3.8, 4) is 0 Å². The first-order valence-corrected chi connectivity index (χ1v) is 7.20. The summed E-state index contributed by atoms with van der Waals surface area (Å²) in [6.45, 7) is 8.05. The first-order chi connectivity index (χ1) is 8.66. The van der Waals surface area contributed by atoms with Crippen LogP contribution < -0.4 is 5.32 Å². The Hall–Kier alpha value is -0.610. The minimum Gasteiger partial charge on any atom is -0.380 e. The number of carbonyl (C=O) groups is 1. The Bertz CT molecular complexity index is 245. The number of hydrogen-bond acceptors (Lipinski definition) is 3. The van der Waals surface area contributed by atoms with Crippen LogP contribution in [0.1, 0.15) is 39.5 Å². The summed E-state index contributed by atoms with van der Waals surface area (Å²) >= 11 is 0. The zero-order chi connectivity index (χ0) is 13.4. The molecule has 4 nitrogen and oxygen atoms in total. The van der Waals surface area contributed by atoms with Gasteiger partial charge in [-0.3, -0.25) is 4.79 Å². The van der Waals surface area contributed by atoms with Crippen molar-refractivity contribution in [2.45, 2.75) is 39.5 Å². The first-order valence-electron chi connectivity index (χ1n) is 7.20. The minimum absolute atomic E-state index is 0.173. The molecule has 1 aliphatic rings. The molecule has 4 heteroatoms. The van der Waals surface area contributed by atoms with E-state index >= 15 is 0 Å². The van der Waals surface area contributed by atoms with Crippen molar-refractivity contribution in [3.63, 3.8) is 0 Å². The standard InChI is InChI=1S/C14H28N2O2/c1-4-7-14(8-6-9-15-12-14)13(17)16(3)10-11-18-5-2/h15H,4-12H2,1-3H3. The SMILES string of the molecule is CCCC1(C(=O)N(C)CCOCC)CCCNC1. The van der Waals surface area contributed by atoms with Gasteiger partial charge in [-0.2, -0.15) is 0 Å². The molecule has 0 radical (unpaired) electrons. The van der Waals surface area contributed by atoms with E-state index in [1.807, 2.05) is 18.9 Å². The fraction of sp³-hybridized carbons (Fsp3) is 0.929. The van der Waals surface area contributed by atoms with E-state index in [0.29, 0.717) is 19.8 Å². The second-order valence-electron chi connectivity index (χ2n) is 5.23. The molecule has 1 atom stereocenters. The highest BCUT2D eigenvalue weighted by Crippen LogP contribution is 2.33. The van der Waals surface area contributed by atoms with Gasteiger partial charge in [-0.1, -0.05) is 13.3 Å². The van der Waals surface area contributed by atoms with Crippen molar-refractivity contribution >= 4 is 5.91 Å². The van der Waals surface area contributed by atoms with E-state index in [9.17, 15) is 4.79 Å². The lowest BCUT2D eigenvalue weighted by atomic mass is 9.76. The van der Waals surface area contributed by atoms with Crippen molar-refractivity contribution in [2.24, 2.45) is 5.41 Å². The number of rotatable bonds is 7. The summed E-state index contributed by atoms with van der Waals surface area (Å²) in [7, 11) is 1.90. The smallest absolute Gasteiger partial charge is 0.229 e. The van der Waals surface area contributed by atoms with Crippen LogP contribution in [0.2, 0.25) is 0 Å². The van der Waals surface area contributed by atoms with Gasteiger partial charge in [-0.05, 0) is 32.7 Å². The second kappa shape index (κ2) is 7.74. The molecule has 0 spiro atoms. The number of likely N-dealkylation sites (N-methyl/N-ethyl adjacent to an activating group) is 1. The Morgan fingerprint density at radius 3 is 2.78 bits per heavy atom. The molecule has 1 heterocycles. The van der Waals surface area contributed by atoms with Gasteiger partial charge in [0, 0.05) is 26.7 Å². The maximum Gasteiger partial charge on any atom is 0.229 e. The molecule has 0 bridgehead atoms. The molecule has 0 saturated carbocycles. The predicted molar refractivity (Wildman–Crippen MR) is 73.6 cm³/mol. The topological polar surface area (TPSA) is 41.6 Å². The van der Waals surface area contributed by atoms with Gasteiger partial charge in [0.25, 0.3) is 0 Å². The number of ether oxygens (including phenoxy) is 1. The molecule has 0 aromatic heterocycles. The lowest BCUT2D eigenvalue weighted by Gasteiger charge is -2.39. The van der Waals surface area contributed by atoms with Crippen molar-refractivity contribution in [3.05, 3.63) is 0 Å². The number of hydrogen-bond donors (Lipinski definition) is 1. The summed E-state index contributed by atoms with van der Waals surface area (Å²) < 4.78 is 5.33. The Balaban J connectivity index is 2.57. The molecule has 18 heavy (non-hydrogen) atoms. The van der Waals surface area contributed by atoms with Crippen molar-refractivity contribution in [2.75, 3.05) is 39.9 Å². The van der Waals surface area contributed by atoms with Crippen LogP contribution in [0.3, 0.4) is 0 Å². The molecule has 0 aromatic carbocycles. The quantitative estimate of drug-likeness (QED) is 0.704. The predicted octanol–water partition coefficient (Wildman–Crippen LogP) is 1.65. The van der Waals surface area contributed by atoms with Crippen LogP contribution in [0.4, 0.5) is 0 Å². The van der Waals surface area contributed by atoms with Gasteiger partial charge in [-0.25, -0.2) is 0 Å². The summed E-state index contributed by atoms with van der Waals surface area (Å²) in [4.78, 5) is 14.5. The average molecular weight is 256 g/mol. The molecule has 1 saturated heterocycles. The van der Waals surface area contributed by atoms with E-state index in [1.165, 1.54) is 0 Å². The van der Waals surface area contributed by atoms with Crippen LogP contribution in [0.15, 0.2) is 0 Å². The fourth-order valence-corrected chi connectivity index (χ4v) is 2.80. The Kier molecular flexibility index (Phi) is 6.65. The molecule has 1 unspecified atom stereocenters. The lowest BCUT2D eigenvalue weighted by molar-refractivity contribution is -0.143. The molecule has 1 amide bonds. The molecule has 1 N–H and O–H groups in total. The highest BCUT2D eigenvalue weighted by Gasteiger charge is 2.40. The highest BCUT2D eigenvalue weighted by molar-refractivity contribution is 5.83. The van der Waals surface area contributed by atoms with E-state index < -0.39 is 0 Å². The summed E-state index contributed by atoms with van der Waals surface area (Å²) in [5.74, 6) is 0.288. The third-order valence-electron chi connectivity index (χ3n) is 3.78. The molecule has 1 fully saturated rings. The molecule has 106 valence electrons. The molecule has 1 rings (SSSR count). The summed E-state index contributed by atoms with van der Waals surface area (Å²) in [6, 6.07) is 0. The molecular formula is C14H28N2O2. The van der Waals surface area contributed by atoms with Gasteiger partial charge < -0.3 is 15.0 Å². The number of piperidine rings is 1. The van der Waals surface area contributed by atoms with Gasteiger partial charge in [0.15, 0.2) is 0 Å². The third-order valence-corrected chi connectivity index (χ3v) is 3.78. The maximum atomic E-state index is 12.6. The highest BCUT2D eigenvalue weighted by atomic mass is 16.5. The molecule has 0 aliphatic carbocycles. The zero-order valence-electron chi connectivity index (χ0n) is 12.1. The second-order valence-corrected chi connectivity index (χ2v) is 5.23. The van der Waals surface area contributed by atoms with E-state index in [2.05, 4.69) is 12.2 Å². The first kappa shape index (κ1) is 15.4.